The van der Waals surface area contributed by atoms with Crippen LogP contribution in [0.25, 0.3) is 0 Å². The Hall–Kier alpha value is -1.71. The number of amides is 1. The van der Waals surface area contributed by atoms with E-state index in [1.54, 1.807) is 19.0 Å². The summed E-state index contributed by atoms with van der Waals surface area (Å²) >= 11 is 0. The molecule has 1 aromatic carbocycles. The van der Waals surface area contributed by atoms with E-state index in [2.05, 4.69) is 48.3 Å². The SMILES string of the molecule is CCN(CC)c1ccc(NCCC(=O)N(C)C)cc1. The highest BCUT2D eigenvalue weighted by molar-refractivity contribution is 5.76. The predicted octanol–water partition coefficient (Wildman–Crippen LogP) is 2.42. The van der Waals surface area contributed by atoms with Crippen LogP contribution in [-0.4, -0.2) is 44.5 Å². The molecule has 1 rings (SSSR count). The second-order valence-electron chi connectivity index (χ2n) is 4.68. The Bertz CT molecular complexity index is 383. The van der Waals surface area contributed by atoms with E-state index in [1.165, 1.54) is 5.69 Å². The molecule has 1 aromatic rings. The second kappa shape index (κ2) is 7.67. The summed E-state index contributed by atoms with van der Waals surface area (Å²) < 4.78 is 0. The van der Waals surface area contributed by atoms with Crippen LogP contribution in [0.15, 0.2) is 24.3 Å². The monoisotopic (exact) mass is 263 g/mol. The molecule has 0 aliphatic heterocycles. The molecular weight excluding hydrogens is 238 g/mol. The lowest BCUT2D eigenvalue weighted by Crippen LogP contribution is -2.24. The fraction of sp³-hybridized carbons (Fsp3) is 0.533. The average Bonchev–Trinajstić information content (AvgIpc) is 2.41. The fourth-order valence-corrected chi connectivity index (χ4v) is 1.92. The van der Waals surface area contributed by atoms with Gasteiger partial charge in [-0.2, -0.15) is 0 Å². The quantitative estimate of drug-likeness (QED) is 0.820. The molecule has 0 aliphatic carbocycles. The molecule has 0 saturated carbocycles. The molecule has 106 valence electrons. The topological polar surface area (TPSA) is 35.6 Å². The summed E-state index contributed by atoms with van der Waals surface area (Å²) in [6.07, 6.45) is 0.519. The number of benzene rings is 1. The first-order valence-corrected chi connectivity index (χ1v) is 6.87. The van der Waals surface area contributed by atoms with Gasteiger partial charge >= 0.3 is 0 Å². The van der Waals surface area contributed by atoms with E-state index in [0.29, 0.717) is 13.0 Å². The summed E-state index contributed by atoms with van der Waals surface area (Å²) in [6.45, 7) is 7.01. The first-order valence-electron chi connectivity index (χ1n) is 6.87. The normalized spacial score (nSPS) is 10.1. The van der Waals surface area contributed by atoms with Crippen molar-refractivity contribution >= 4 is 17.3 Å². The van der Waals surface area contributed by atoms with E-state index in [4.69, 9.17) is 0 Å². The Morgan fingerprint density at radius 1 is 1.11 bits per heavy atom. The predicted molar refractivity (Wildman–Crippen MR) is 81.8 cm³/mol. The van der Waals surface area contributed by atoms with Crippen LogP contribution < -0.4 is 10.2 Å². The van der Waals surface area contributed by atoms with Crippen molar-refractivity contribution in [3.63, 3.8) is 0 Å². The van der Waals surface area contributed by atoms with Crippen molar-refractivity contribution in [1.29, 1.82) is 0 Å². The van der Waals surface area contributed by atoms with Gasteiger partial charge in [-0.25, -0.2) is 0 Å². The zero-order chi connectivity index (χ0) is 14.3. The Kier molecular flexibility index (Phi) is 6.19. The summed E-state index contributed by atoms with van der Waals surface area (Å²) in [6, 6.07) is 8.35. The average molecular weight is 263 g/mol. The first-order chi connectivity index (χ1) is 9.08. The molecular formula is C15H25N3O. The molecule has 0 aliphatic rings. The highest BCUT2D eigenvalue weighted by atomic mass is 16.2. The van der Waals surface area contributed by atoms with Crippen molar-refractivity contribution in [3.05, 3.63) is 24.3 Å². The van der Waals surface area contributed by atoms with E-state index in [1.807, 2.05) is 0 Å². The van der Waals surface area contributed by atoms with Crippen LogP contribution in [0, 0.1) is 0 Å². The molecule has 4 heteroatoms. The Labute approximate surface area is 116 Å². The maximum absolute atomic E-state index is 11.4. The van der Waals surface area contributed by atoms with Gasteiger partial charge in [0, 0.05) is 51.5 Å². The van der Waals surface area contributed by atoms with Gasteiger partial charge in [-0.05, 0) is 38.1 Å². The summed E-state index contributed by atoms with van der Waals surface area (Å²) in [4.78, 5) is 15.4. The Morgan fingerprint density at radius 2 is 1.68 bits per heavy atom. The molecule has 4 nitrogen and oxygen atoms in total. The van der Waals surface area contributed by atoms with Crippen molar-refractivity contribution in [2.45, 2.75) is 20.3 Å². The summed E-state index contributed by atoms with van der Waals surface area (Å²) in [5.41, 5.74) is 2.29. The lowest BCUT2D eigenvalue weighted by atomic mass is 10.2. The maximum atomic E-state index is 11.4. The molecule has 0 radical (unpaired) electrons. The van der Waals surface area contributed by atoms with Gasteiger partial charge in [-0.1, -0.05) is 0 Å². The summed E-state index contributed by atoms with van der Waals surface area (Å²) in [5, 5.41) is 3.27. The van der Waals surface area contributed by atoms with Crippen molar-refractivity contribution in [1.82, 2.24) is 4.90 Å². The van der Waals surface area contributed by atoms with Gasteiger partial charge < -0.3 is 15.1 Å². The van der Waals surface area contributed by atoms with Gasteiger partial charge in [-0.3, -0.25) is 4.79 Å². The highest BCUT2D eigenvalue weighted by Crippen LogP contribution is 2.17. The van der Waals surface area contributed by atoms with Crippen molar-refractivity contribution in [2.75, 3.05) is 43.9 Å². The van der Waals surface area contributed by atoms with Crippen LogP contribution in [0.3, 0.4) is 0 Å². The molecule has 1 N–H and O–H groups in total. The van der Waals surface area contributed by atoms with E-state index in [-0.39, 0.29) is 5.91 Å². The smallest absolute Gasteiger partial charge is 0.223 e. The van der Waals surface area contributed by atoms with Crippen molar-refractivity contribution in [2.24, 2.45) is 0 Å². The summed E-state index contributed by atoms with van der Waals surface area (Å²) in [5.74, 6) is 0.146. The number of hydrogen-bond acceptors (Lipinski definition) is 3. The molecule has 0 aromatic heterocycles. The van der Waals surface area contributed by atoms with Crippen molar-refractivity contribution in [3.8, 4) is 0 Å². The number of nitrogens with one attached hydrogen (secondary N) is 1. The zero-order valence-corrected chi connectivity index (χ0v) is 12.4. The first kappa shape index (κ1) is 15.3. The molecule has 0 spiro atoms. The third-order valence-electron chi connectivity index (χ3n) is 3.16. The second-order valence-corrected chi connectivity index (χ2v) is 4.68. The third-order valence-corrected chi connectivity index (χ3v) is 3.16. The number of rotatable bonds is 7. The largest absolute Gasteiger partial charge is 0.385 e. The van der Waals surface area contributed by atoms with Gasteiger partial charge in [0.1, 0.15) is 0 Å². The molecule has 0 fully saturated rings. The van der Waals surface area contributed by atoms with Gasteiger partial charge in [0.25, 0.3) is 0 Å². The van der Waals surface area contributed by atoms with Crippen LogP contribution in [0.1, 0.15) is 20.3 Å². The lowest BCUT2D eigenvalue weighted by Gasteiger charge is -2.21. The summed E-state index contributed by atoms with van der Waals surface area (Å²) in [7, 11) is 3.56. The minimum absolute atomic E-state index is 0.146. The van der Waals surface area contributed by atoms with Crippen LogP contribution in [-0.2, 0) is 4.79 Å². The van der Waals surface area contributed by atoms with Crippen LogP contribution in [0.5, 0.6) is 0 Å². The maximum Gasteiger partial charge on any atom is 0.223 e. The number of hydrogen-bond donors (Lipinski definition) is 1. The number of anilines is 2. The Morgan fingerprint density at radius 3 is 2.16 bits per heavy atom. The number of carbonyl (C=O) groups excluding carboxylic acids is 1. The minimum Gasteiger partial charge on any atom is -0.385 e. The van der Waals surface area contributed by atoms with Crippen LogP contribution >= 0.6 is 0 Å². The molecule has 19 heavy (non-hydrogen) atoms. The van der Waals surface area contributed by atoms with E-state index < -0.39 is 0 Å². The molecule has 0 atom stereocenters. The molecule has 0 bridgehead atoms. The van der Waals surface area contributed by atoms with E-state index >= 15 is 0 Å². The van der Waals surface area contributed by atoms with Gasteiger partial charge in [0.2, 0.25) is 5.91 Å². The molecule has 1 amide bonds. The molecule has 0 heterocycles. The molecule has 0 saturated heterocycles. The van der Waals surface area contributed by atoms with E-state index in [9.17, 15) is 4.79 Å². The van der Waals surface area contributed by atoms with Crippen LogP contribution in [0.2, 0.25) is 0 Å². The van der Waals surface area contributed by atoms with Crippen molar-refractivity contribution < 1.29 is 4.79 Å². The number of nitrogens with zero attached hydrogens (tertiary/aromatic N) is 2. The number of carbonyl (C=O) groups is 1. The van der Waals surface area contributed by atoms with Crippen LogP contribution in [0.4, 0.5) is 11.4 Å². The fourth-order valence-electron chi connectivity index (χ4n) is 1.92. The lowest BCUT2D eigenvalue weighted by molar-refractivity contribution is -0.128. The minimum atomic E-state index is 0.146. The highest BCUT2D eigenvalue weighted by Gasteiger charge is 2.04. The zero-order valence-electron chi connectivity index (χ0n) is 12.4. The third kappa shape index (κ3) is 4.81. The standard InChI is InChI=1S/C15H25N3O/c1-5-18(6-2)14-9-7-13(8-10-14)16-12-11-15(19)17(3)4/h7-10,16H,5-6,11-12H2,1-4H3. The van der Waals surface area contributed by atoms with E-state index in [0.717, 1.165) is 18.8 Å². The van der Waals surface area contributed by atoms with Gasteiger partial charge in [-0.15, -0.1) is 0 Å². The molecule has 0 unspecified atom stereocenters. The Balaban J connectivity index is 2.46. The van der Waals surface area contributed by atoms with Gasteiger partial charge in [0.15, 0.2) is 0 Å². The van der Waals surface area contributed by atoms with Gasteiger partial charge in [0.05, 0.1) is 0 Å².